The van der Waals surface area contributed by atoms with E-state index in [1.54, 1.807) is 24.3 Å². The third kappa shape index (κ3) is 6.50. The molecule has 0 radical (unpaired) electrons. The predicted molar refractivity (Wildman–Crippen MR) is 116 cm³/mol. The third-order valence-corrected chi connectivity index (χ3v) is 4.13. The van der Waals surface area contributed by atoms with Crippen LogP contribution in [0.1, 0.15) is 5.56 Å². The van der Waals surface area contributed by atoms with Crippen molar-refractivity contribution in [3.05, 3.63) is 95.6 Å². The number of hydrogen-bond acceptors (Lipinski definition) is 4. The molecule has 0 aliphatic carbocycles. The Kier molecular flexibility index (Phi) is 7.28. The molecule has 0 fully saturated rings. The van der Waals surface area contributed by atoms with Gasteiger partial charge in [0.15, 0.2) is 6.61 Å². The van der Waals surface area contributed by atoms with Crippen LogP contribution < -0.4 is 15.4 Å². The summed E-state index contributed by atoms with van der Waals surface area (Å²) in [4.78, 5) is 24.3. The van der Waals surface area contributed by atoms with Gasteiger partial charge in [-0.1, -0.05) is 12.1 Å². The van der Waals surface area contributed by atoms with Crippen molar-refractivity contribution in [2.24, 2.45) is 0 Å². The van der Waals surface area contributed by atoms with Gasteiger partial charge in [0.05, 0.1) is 0 Å². The van der Waals surface area contributed by atoms with E-state index in [1.807, 2.05) is 6.07 Å². The van der Waals surface area contributed by atoms with Gasteiger partial charge in [0.2, 0.25) is 0 Å². The van der Waals surface area contributed by atoms with Gasteiger partial charge in [0, 0.05) is 11.4 Å². The van der Waals surface area contributed by atoms with E-state index in [-0.39, 0.29) is 12.2 Å². The summed E-state index contributed by atoms with van der Waals surface area (Å²) in [7, 11) is 0. The van der Waals surface area contributed by atoms with Crippen molar-refractivity contribution < 1.29 is 23.1 Å². The predicted octanol–water partition coefficient (Wildman–Crippen LogP) is 4.53. The number of hydrogen-bond donors (Lipinski definition) is 2. The van der Waals surface area contributed by atoms with Crippen LogP contribution in [0.2, 0.25) is 0 Å². The molecule has 0 aliphatic rings. The number of nitrogens with one attached hydrogen (secondary N) is 2. The molecule has 32 heavy (non-hydrogen) atoms. The smallest absolute Gasteiger partial charge is 0.266 e. The molecule has 0 spiro atoms. The zero-order chi connectivity index (χ0) is 22.9. The fourth-order valence-corrected chi connectivity index (χ4v) is 2.62. The molecule has 2 N–H and O–H groups in total. The molecule has 3 aromatic carbocycles. The molecule has 0 aromatic heterocycles. The van der Waals surface area contributed by atoms with E-state index in [1.165, 1.54) is 54.6 Å². The summed E-state index contributed by atoms with van der Waals surface area (Å²) in [6.45, 7) is -0.291. The lowest BCUT2D eigenvalue weighted by atomic mass is 10.1. The van der Waals surface area contributed by atoms with Crippen molar-refractivity contribution >= 4 is 29.3 Å². The molecule has 0 bridgehead atoms. The second-order valence-electron chi connectivity index (χ2n) is 6.55. The van der Waals surface area contributed by atoms with Crippen LogP contribution in [0.3, 0.4) is 0 Å². The third-order valence-electron chi connectivity index (χ3n) is 4.13. The van der Waals surface area contributed by atoms with Crippen LogP contribution in [0.4, 0.5) is 20.2 Å². The standard InChI is InChI=1S/C24H17F2N3O3/c25-18-4-8-20(9-5-18)28-23(30)15-32-22-3-1-2-16(13-22)12-17(14-27)24(31)29-21-10-6-19(26)7-11-21/h1-13H,15H2,(H,28,30)(H,29,31). The quantitative estimate of drug-likeness (QED) is 0.423. The summed E-state index contributed by atoms with van der Waals surface area (Å²) >= 11 is 0. The number of carbonyl (C=O) groups is 2. The minimum atomic E-state index is -0.649. The molecule has 6 nitrogen and oxygen atoms in total. The first kappa shape index (κ1) is 22.2. The van der Waals surface area contributed by atoms with Crippen LogP contribution >= 0.6 is 0 Å². The topological polar surface area (TPSA) is 91.2 Å². The number of halogens is 2. The Hall–Kier alpha value is -4.51. The van der Waals surface area contributed by atoms with E-state index in [0.29, 0.717) is 22.7 Å². The number of rotatable bonds is 7. The lowest BCUT2D eigenvalue weighted by molar-refractivity contribution is -0.118. The maximum atomic E-state index is 13.0. The first-order chi connectivity index (χ1) is 15.4. The fourth-order valence-electron chi connectivity index (χ4n) is 2.62. The van der Waals surface area contributed by atoms with Crippen LogP contribution in [0.5, 0.6) is 5.75 Å². The van der Waals surface area contributed by atoms with Crippen LogP contribution in [0, 0.1) is 23.0 Å². The molecular formula is C24H17F2N3O3. The molecule has 0 unspecified atom stereocenters. The van der Waals surface area contributed by atoms with Gasteiger partial charge in [-0.15, -0.1) is 0 Å². The number of nitriles is 1. The average Bonchev–Trinajstić information content (AvgIpc) is 2.79. The number of amides is 2. The Labute approximate surface area is 182 Å². The lowest BCUT2D eigenvalue weighted by Crippen LogP contribution is -2.20. The molecule has 0 heterocycles. The van der Waals surface area contributed by atoms with Gasteiger partial charge in [0.25, 0.3) is 11.8 Å². The summed E-state index contributed by atoms with van der Waals surface area (Å²) in [6.07, 6.45) is 1.37. The van der Waals surface area contributed by atoms with Crippen molar-refractivity contribution in [1.82, 2.24) is 0 Å². The highest BCUT2D eigenvalue weighted by molar-refractivity contribution is 6.09. The molecule has 8 heteroatoms. The van der Waals surface area contributed by atoms with E-state index >= 15 is 0 Å². The Morgan fingerprint density at radius 3 is 2.09 bits per heavy atom. The SMILES string of the molecule is N#CC(=Cc1cccc(OCC(=O)Nc2ccc(F)cc2)c1)C(=O)Nc1ccc(F)cc1. The molecule has 2 amide bonds. The van der Waals surface area contributed by atoms with Crippen LogP contribution in [-0.2, 0) is 9.59 Å². The van der Waals surface area contributed by atoms with Crippen molar-refractivity contribution in [2.75, 3.05) is 17.2 Å². The molecule has 0 aliphatic heterocycles. The van der Waals surface area contributed by atoms with E-state index in [2.05, 4.69) is 10.6 Å². The second-order valence-corrected chi connectivity index (χ2v) is 6.55. The normalized spacial score (nSPS) is 10.7. The highest BCUT2D eigenvalue weighted by Gasteiger charge is 2.10. The summed E-state index contributed by atoms with van der Waals surface area (Å²) in [5, 5.41) is 14.4. The van der Waals surface area contributed by atoms with Gasteiger partial charge < -0.3 is 15.4 Å². The average molecular weight is 433 g/mol. The molecule has 0 saturated carbocycles. The largest absolute Gasteiger partial charge is 0.484 e. The van der Waals surface area contributed by atoms with Gasteiger partial charge in [0.1, 0.15) is 29.0 Å². The number of nitrogens with zero attached hydrogens (tertiary/aromatic N) is 1. The van der Waals surface area contributed by atoms with E-state index in [4.69, 9.17) is 4.74 Å². The summed E-state index contributed by atoms with van der Waals surface area (Å²) < 4.78 is 31.4. The summed E-state index contributed by atoms with van der Waals surface area (Å²) in [5.74, 6) is -1.59. The molecular weight excluding hydrogens is 416 g/mol. The maximum absolute atomic E-state index is 13.0. The Morgan fingerprint density at radius 1 is 0.906 bits per heavy atom. The van der Waals surface area contributed by atoms with E-state index in [9.17, 15) is 23.6 Å². The minimum Gasteiger partial charge on any atom is -0.484 e. The number of ether oxygens (including phenoxy) is 1. The van der Waals surface area contributed by atoms with Crippen LogP contribution in [0.25, 0.3) is 6.08 Å². The highest BCUT2D eigenvalue weighted by atomic mass is 19.1. The summed E-state index contributed by atoms with van der Waals surface area (Å²) in [6, 6.07) is 18.8. The Morgan fingerprint density at radius 2 is 1.50 bits per heavy atom. The van der Waals surface area contributed by atoms with Gasteiger partial charge in [-0.25, -0.2) is 8.78 Å². The second kappa shape index (κ2) is 10.5. The van der Waals surface area contributed by atoms with Crippen molar-refractivity contribution in [3.8, 4) is 11.8 Å². The van der Waals surface area contributed by atoms with Gasteiger partial charge in [-0.05, 0) is 72.3 Å². The molecule has 0 saturated heterocycles. The lowest BCUT2D eigenvalue weighted by Gasteiger charge is -2.08. The zero-order valence-electron chi connectivity index (χ0n) is 16.6. The number of benzene rings is 3. The molecule has 160 valence electrons. The van der Waals surface area contributed by atoms with Crippen LogP contribution in [0.15, 0.2) is 78.4 Å². The van der Waals surface area contributed by atoms with Gasteiger partial charge in [-0.2, -0.15) is 5.26 Å². The van der Waals surface area contributed by atoms with Crippen LogP contribution in [-0.4, -0.2) is 18.4 Å². The van der Waals surface area contributed by atoms with Crippen molar-refractivity contribution in [1.29, 1.82) is 5.26 Å². The highest BCUT2D eigenvalue weighted by Crippen LogP contribution is 2.17. The maximum Gasteiger partial charge on any atom is 0.266 e. The number of carbonyl (C=O) groups excluding carboxylic acids is 2. The van der Waals surface area contributed by atoms with E-state index < -0.39 is 23.4 Å². The van der Waals surface area contributed by atoms with Crippen molar-refractivity contribution in [3.63, 3.8) is 0 Å². The van der Waals surface area contributed by atoms with E-state index in [0.717, 1.165) is 0 Å². The zero-order valence-corrected chi connectivity index (χ0v) is 16.6. The number of anilines is 2. The van der Waals surface area contributed by atoms with Gasteiger partial charge >= 0.3 is 0 Å². The first-order valence-corrected chi connectivity index (χ1v) is 9.40. The molecule has 0 atom stereocenters. The van der Waals surface area contributed by atoms with Crippen molar-refractivity contribution in [2.45, 2.75) is 0 Å². The monoisotopic (exact) mass is 433 g/mol. The molecule has 3 aromatic rings. The fraction of sp³-hybridized carbons (Fsp3) is 0.0417. The summed E-state index contributed by atoms with van der Waals surface area (Å²) in [5.41, 5.74) is 1.12. The first-order valence-electron chi connectivity index (χ1n) is 9.40. The minimum absolute atomic E-state index is 0.166. The Bertz CT molecular complexity index is 1180. The van der Waals surface area contributed by atoms with Gasteiger partial charge in [-0.3, -0.25) is 9.59 Å². The Balaban J connectivity index is 1.62. The molecule has 3 rings (SSSR count).